The smallest absolute Gasteiger partial charge is 0.134 e. The number of hydrogen-bond acceptors (Lipinski definition) is 2. The van der Waals surface area contributed by atoms with Gasteiger partial charge in [0.15, 0.2) is 0 Å². The molecule has 1 aromatic heterocycles. The summed E-state index contributed by atoms with van der Waals surface area (Å²) in [5.41, 5.74) is 1.31. The molecule has 0 fully saturated rings. The Morgan fingerprint density at radius 1 is 1.19 bits per heavy atom. The summed E-state index contributed by atoms with van der Waals surface area (Å²) in [5, 5.41) is 3.23. The zero-order chi connectivity index (χ0) is 15.4. The Kier molecular flexibility index (Phi) is 5.12. The van der Waals surface area contributed by atoms with Gasteiger partial charge in [-0.1, -0.05) is 19.9 Å². The van der Waals surface area contributed by atoms with Crippen LogP contribution in [0.15, 0.2) is 28.9 Å². The van der Waals surface area contributed by atoms with Crippen LogP contribution < -0.4 is 5.32 Å². The molecule has 1 heterocycles. The van der Waals surface area contributed by atoms with Crippen LogP contribution in [0.1, 0.15) is 48.8 Å². The number of furan rings is 1. The van der Waals surface area contributed by atoms with E-state index in [1.54, 1.807) is 19.3 Å². The lowest BCUT2D eigenvalue weighted by molar-refractivity contribution is 0.478. The number of benzene rings is 1. The lowest BCUT2D eigenvalue weighted by atomic mass is 9.95. The van der Waals surface area contributed by atoms with Crippen molar-refractivity contribution in [3.8, 4) is 0 Å². The maximum Gasteiger partial charge on any atom is 0.134 e. The first-order chi connectivity index (χ1) is 10.1. The molecule has 0 bridgehead atoms. The fourth-order valence-corrected chi connectivity index (χ4v) is 2.49. The molecule has 114 valence electrons. The third kappa shape index (κ3) is 3.16. The second-order valence-corrected chi connectivity index (χ2v) is 5.13. The summed E-state index contributed by atoms with van der Waals surface area (Å²) < 4.78 is 34.1. The molecule has 0 aliphatic rings. The first kappa shape index (κ1) is 15.7. The highest BCUT2D eigenvalue weighted by atomic mass is 19.1. The van der Waals surface area contributed by atoms with Gasteiger partial charge in [0.05, 0.1) is 12.3 Å². The average Bonchev–Trinajstić information content (AvgIpc) is 2.95. The Labute approximate surface area is 124 Å². The Morgan fingerprint density at radius 2 is 1.95 bits per heavy atom. The molecule has 1 aromatic carbocycles. The fourth-order valence-electron chi connectivity index (χ4n) is 2.49. The molecular formula is C17H21F2NO. The van der Waals surface area contributed by atoms with E-state index in [1.807, 2.05) is 13.8 Å². The average molecular weight is 293 g/mol. The van der Waals surface area contributed by atoms with Crippen molar-refractivity contribution in [1.82, 2.24) is 5.32 Å². The molecule has 0 saturated heterocycles. The Balaban J connectivity index is 2.53. The Hall–Kier alpha value is -1.68. The van der Waals surface area contributed by atoms with Gasteiger partial charge in [-0.05, 0) is 37.6 Å². The predicted octanol–water partition coefficient (Wildman–Crippen LogP) is 4.52. The van der Waals surface area contributed by atoms with Crippen LogP contribution in [0.5, 0.6) is 0 Å². The SMILES string of the molecule is CCCNC(c1ccoc1CC)c1c(F)ccc(C)c1F. The third-order valence-electron chi connectivity index (χ3n) is 3.62. The molecule has 4 heteroatoms. The molecule has 2 rings (SSSR count). The van der Waals surface area contributed by atoms with Gasteiger partial charge in [0.1, 0.15) is 17.4 Å². The molecule has 0 saturated carbocycles. The van der Waals surface area contributed by atoms with Crippen molar-refractivity contribution in [2.45, 2.75) is 39.7 Å². The maximum absolute atomic E-state index is 14.5. The van der Waals surface area contributed by atoms with Crippen molar-refractivity contribution in [1.29, 1.82) is 0 Å². The van der Waals surface area contributed by atoms with Crippen LogP contribution in [0, 0.1) is 18.6 Å². The number of nitrogens with one attached hydrogen (secondary N) is 1. The summed E-state index contributed by atoms with van der Waals surface area (Å²) in [4.78, 5) is 0. The van der Waals surface area contributed by atoms with Crippen LogP contribution in [0.4, 0.5) is 8.78 Å². The predicted molar refractivity (Wildman–Crippen MR) is 79.3 cm³/mol. The van der Waals surface area contributed by atoms with Crippen LogP contribution in [0.2, 0.25) is 0 Å². The molecule has 21 heavy (non-hydrogen) atoms. The fraction of sp³-hybridized carbons (Fsp3) is 0.412. The van der Waals surface area contributed by atoms with Crippen molar-refractivity contribution in [3.05, 3.63) is 58.5 Å². The van der Waals surface area contributed by atoms with Gasteiger partial charge >= 0.3 is 0 Å². The van der Waals surface area contributed by atoms with Gasteiger partial charge in [0.2, 0.25) is 0 Å². The minimum absolute atomic E-state index is 0.0690. The van der Waals surface area contributed by atoms with Crippen molar-refractivity contribution in [3.63, 3.8) is 0 Å². The summed E-state index contributed by atoms with van der Waals surface area (Å²) in [5.74, 6) is -0.272. The van der Waals surface area contributed by atoms with Gasteiger partial charge in [-0.3, -0.25) is 0 Å². The lowest BCUT2D eigenvalue weighted by Gasteiger charge is -2.21. The van der Waals surface area contributed by atoms with E-state index in [-0.39, 0.29) is 5.56 Å². The van der Waals surface area contributed by atoms with Crippen molar-refractivity contribution in [2.75, 3.05) is 6.54 Å². The maximum atomic E-state index is 14.5. The summed E-state index contributed by atoms with van der Waals surface area (Å²) >= 11 is 0. The molecule has 0 aliphatic carbocycles. The van der Waals surface area contributed by atoms with E-state index < -0.39 is 17.7 Å². The van der Waals surface area contributed by atoms with Crippen molar-refractivity contribution >= 4 is 0 Å². The van der Waals surface area contributed by atoms with E-state index in [2.05, 4.69) is 5.32 Å². The van der Waals surface area contributed by atoms with E-state index in [0.717, 1.165) is 17.7 Å². The van der Waals surface area contributed by atoms with Gasteiger partial charge in [0.25, 0.3) is 0 Å². The Morgan fingerprint density at radius 3 is 2.62 bits per heavy atom. The van der Waals surface area contributed by atoms with Gasteiger partial charge in [-0.2, -0.15) is 0 Å². The van der Waals surface area contributed by atoms with E-state index in [1.165, 1.54) is 12.1 Å². The Bertz CT molecular complexity index is 607. The number of rotatable bonds is 6. The second kappa shape index (κ2) is 6.85. The van der Waals surface area contributed by atoms with Gasteiger partial charge in [0, 0.05) is 17.5 Å². The summed E-state index contributed by atoms with van der Waals surface area (Å²) in [6.45, 7) is 6.29. The molecular weight excluding hydrogens is 272 g/mol. The first-order valence-corrected chi connectivity index (χ1v) is 7.34. The summed E-state index contributed by atoms with van der Waals surface area (Å²) in [7, 11) is 0. The van der Waals surface area contributed by atoms with E-state index in [9.17, 15) is 8.78 Å². The molecule has 2 aromatic rings. The van der Waals surface area contributed by atoms with Crippen molar-refractivity contribution < 1.29 is 13.2 Å². The minimum atomic E-state index is -0.532. The van der Waals surface area contributed by atoms with Crippen molar-refractivity contribution in [2.24, 2.45) is 0 Å². The highest BCUT2D eigenvalue weighted by molar-refractivity contribution is 5.37. The lowest BCUT2D eigenvalue weighted by Crippen LogP contribution is -2.26. The molecule has 2 nitrogen and oxygen atoms in total. The van der Waals surface area contributed by atoms with Crippen LogP contribution in [-0.2, 0) is 6.42 Å². The van der Waals surface area contributed by atoms with Gasteiger partial charge < -0.3 is 9.73 Å². The quantitative estimate of drug-likeness (QED) is 0.847. The standard InChI is InChI=1S/C17H21F2NO/c1-4-9-20-17(12-8-10-21-14(12)5-2)15-13(18)7-6-11(3)16(15)19/h6-8,10,17,20H,4-5,9H2,1-3H3. The second-order valence-electron chi connectivity index (χ2n) is 5.13. The van der Waals surface area contributed by atoms with E-state index >= 15 is 0 Å². The molecule has 1 unspecified atom stereocenters. The molecule has 0 aliphatic heterocycles. The van der Waals surface area contributed by atoms with E-state index in [4.69, 9.17) is 4.42 Å². The monoisotopic (exact) mass is 293 g/mol. The van der Waals surface area contributed by atoms with Gasteiger partial charge in [-0.25, -0.2) is 8.78 Å². The molecule has 0 spiro atoms. The molecule has 1 N–H and O–H groups in total. The highest BCUT2D eigenvalue weighted by Crippen LogP contribution is 2.31. The zero-order valence-electron chi connectivity index (χ0n) is 12.7. The largest absolute Gasteiger partial charge is 0.469 e. The van der Waals surface area contributed by atoms with E-state index in [0.29, 0.717) is 18.5 Å². The molecule has 0 radical (unpaired) electrons. The number of halogens is 2. The highest BCUT2D eigenvalue weighted by Gasteiger charge is 2.25. The first-order valence-electron chi connectivity index (χ1n) is 7.34. The topological polar surface area (TPSA) is 25.2 Å². The molecule has 1 atom stereocenters. The van der Waals surface area contributed by atoms with Crippen LogP contribution in [-0.4, -0.2) is 6.54 Å². The van der Waals surface area contributed by atoms with Crippen LogP contribution >= 0.6 is 0 Å². The molecule has 0 amide bonds. The summed E-state index contributed by atoms with van der Waals surface area (Å²) in [6.07, 6.45) is 3.13. The summed E-state index contributed by atoms with van der Waals surface area (Å²) in [6, 6.07) is 4.03. The van der Waals surface area contributed by atoms with Crippen LogP contribution in [0.3, 0.4) is 0 Å². The third-order valence-corrected chi connectivity index (χ3v) is 3.62. The number of hydrogen-bond donors (Lipinski definition) is 1. The van der Waals surface area contributed by atoms with Crippen LogP contribution in [0.25, 0.3) is 0 Å². The zero-order valence-corrected chi connectivity index (χ0v) is 12.7. The van der Waals surface area contributed by atoms with Gasteiger partial charge in [-0.15, -0.1) is 0 Å². The normalized spacial score (nSPS) is 12.6. The number of aryl methyl sites for hydroxylation is 2. The minimum Gasteiger partial charge on any atom is -0.469 e.